The number of aliphatic hydroxyl groups excluding tert-OH is 1. The molecule has 0 saturated heterocycles. The number of rotatable bonds is 8. The maximum absolute atomic E-state index is 13.6. The molecule has 0 spiro atoms. The number of fused-ring (bicyclic) bond motifs is 1. The maximum atomic E-state index is 13.6. The van der Waals surface area contributed by atoms with Crippen molar-refractivity contribution in [2.75, 3.05) is 44.5 Å². The molecule has 11 heteroatoms. The van der Waals surface area contributed by atoms with Crippen molar-refractivity contribution >= 4 is 29.3 Å². The second kappa shape index (κ2) is 13.2. The minimum atomic E-state index is -0.534. The van der Waals surface area contributed by atoms with E-state index >= 15 is 0 Å². The van der Waals surface area contributed by atoms with Crippen molar-refractivity contribution in [3.05, 3.63) is 48.0 Å². The van der Waals surface area contributed by atoms with Gasteiger partial charge in [-0.1, -0.05) is 13.0 Å². The average molecular weight is 542 g/mol. The van der Waals surface area contributed by atoms with Crippen LogP contribution in [0, 0.1) is 5.92 Å². The lowest BCUT2D eigenvalue weighted by Crippen LogP contribution is -2.50. The van der Waals surface area contributed by atoms with Crippen LogP contribution in [0.15, 0.2) is 42.5 Å². The molecule has 212 valence electrons. The Morgan fingerprint density at radius 3 is 2.46 bits per heavy atom. The predicted octanol–water partition coefficient (Wildman–Crippen LogP) is 3.61. The molecule has 2 aromatic carbocycles. The zero-order valence-corrected chi connectivity index (χ0v) is 23.4. The molecule has 2 aromatic rings. The van der Waals surface area contributed by atoms with Gasteiger partial charge in [0.1, 0.15) is 11.9 Å². The Balaban J connectivity index is 1.90. The number of aliphatic hydroxyl groups is 1. The minimum absolute atomic E-state index is 0.0930. The molecule has 3 atom stereocenters. The van der Waals surface area contributed by atoms with E-state index in [9.17, 15) is 19.5 Å². The number of para-hydroxylation sites is 1. The smallest absolute Gasteiger partial charge is 0.321 e. The summed E-state index contributed by atoms with van der Waals surface area (Å²) in [5.41, 5.74) is 1.21. The van der Waals surface area contributed by atoms with Crippen LogP contribution in [0.3, 0.4) is 0 Å². The SMILES string of the molecule is COc1ccc(NC(=O)N(C)C[C@H]2Oc3c(NC(=O)NC(C)C)cccc3C(=O)N([C@@H](C)CO)C[C@@H]2C)cc1. The lowest BCUT2D eigenvalue weighted by Gasteiger charge is -2.38. The molecule has 5 amide bonds. The normalized spacial score (nSPS) is 17.7. The number of ether oxygens (including phenoxy) is 2. The first kappa shape index (κ1) is 29.6. The van der Waals surface area contributed by atoms with Crippen molar-refractivity contribution < 1.29 is 29.0 Å². The van der Waals surface area contributed by atoms with Crippen molar-refractivity contribution in [3.63, 3.8) is 0 Å². The maximum Gasteiger partial charge on any atom is 0.321 e. The van der Waals surface area contributed by atoms with E-state index in [4.69, 9.17) is 9.47 Å². The Morgan fingerprint density at radius 2 is 1.85 bits per heavy atom. The van der Waals surface area contributed by atoms with Crippen LogP contribution in [0.2, 0.25) is 0 Å². The number of likely N-dealkylation sites (N-methyl/N-ethyl adjacent to an activating group) is 1. The Hall–Kier alpha value is -3.99. The molecule has 0 bridgehead atoms. The summed E-state index contributed by atoms with van der Waals surface area (Å²) in [7, 11) is 3.23. The van der Waals surface area contributed by atoms with E-state index < -0.39 is 18.2 Å². The number of nitrogens with zero attached hydrogens (tertiary/aromatic N) is 2. The predicted molar refractivity (Wildman–Crippen MR) is 150 cm³/mol. The van der Waals surface area contributed by atoms with Gasteiger partial charge in [-0.05, 0) is 57.2 Å². The van der Waals surface area contributed by atoms with Gasteiger partial charge >= 0.3 is 12.1 Å². The molecule has 1 heterocycles. The fourth-order valence-corrected chi connectivity index (χ4v) is 4.23. The van der Waals surface area contributed by atoms with Crippen molar-refractivity contribution in [1.82, 2.24) is 15.1 Å². The fourth-order valence-electron chi connectivity index (χ4n) is 4.23. The molecule has 39 heavy (non-hydrogen) atoms. The summed E-state index contributed by atoms with van der Waals surface area (Å²) >= 11 is 0. The van der Waals surface area contributed by atoms with E-state index in [2.05, 4.69) is 16.0 Å². The van der Waals surface area contributed by atoms with Crippen molar-refractivity contribution in [3.8, 4) is 11.5 Å². The molecular weight excluding hydrogens is 502 g/mol. The number of carbonyl (C=O) groups excluding carboxylic acids is 3. The van der Waals surface area contributed by atoms with Gasteiger partial charge in [0.05, 0.1) is 37.6 Å². The molecule has 0 saturated carbocycles. The van der Waals surface area contributed by atoms with Crippen LogP contribution in [0.25, 0.3) is 0 Å². The summed E-state index contributed by atoms with van der Waals surface area (Å²) in [4.78, 5) is 42.2. The second-order valence-corrected chi connectivity index (χ2v) is 10.1. The van der Waals surface area contributed by atoms with Crippen LogP contribution in [0.1, 0.15) is 38.1 Å². The Kier molecular flexibility index (Phi) is 10.00. The molecular formula is C28H39N5O6. The van der Waals surface area contributed by atoms with Gasteiger partial charge in [0.25, 0.3) is 5.91 Å². The van der Waals surface area contributed by atoms with Crippen molar-refractivity contribution in [2.45, 2.75) is 45.9 Å². The lowest BCUT2D eigenvalue weighted by atomic mass is 9.99. The molecule has 0 aromatic heterocycles. The number of nitrogens with one attached hydrogen (secondary N) is 3. The largest absolute Gasteiger partial charge is 0.497 e. The van der Waals surface area contributed by atoms with Gasteiger partial charge in [-0.25, -0.2) is 9.59 Å². The molecule has 0 aliphatic carbocycles. The molecule has 4 N–H and O–H groups in total. The summed E-state index contributed by atoms with van der Waals surface area (Å²) < 4.78 is 11.6. The molecule has 1 aliphatic heterocycles. The number of hydrogen-bond donors (Lipinski definition) is 4. The van der Waals surface area contributed by atoms with E-state index in [0.29, 0.717) is 23.7 Å². The zero-order valence-electron chi connectivity index (χ0n) is 23.4. The second-order valence-electron chi connectivity index (χ2n) is 10.1. The van der Waals surface area contributed by atoms with E-state index in [-0.39, 0.29) is 48.4 Å². The summed E-state index contributed by atoms with van der Waals surface area (Å²) in [5.74, 6) is 0.372. The highest BCUT2D eigenvalue weighted by Crippen LogP contribution is 2.35. The summed E-state index contributed by atoms with van der Waals surface area (Å²) in [6.45, 7) is 7.68. The third-order valence-electron chi connectivity index (χ3n) is 6.50. The molecule has 3 rings (SSSR count). The van der Waals surface area contributed by atoms with Gasteiger partial charge in [0.15, 0.2) is 5.75 Å². The summed E-state index contributed by atoms with van der Waals surface area (Å²) in [6, 6.07) is 10.7. The van der Waals surface area contributed by atoms with Crippen LogP contribution < -0.4 is 25.4 Å². The van der Waals surface area contributed by atoms with Gasteiger partial charge < -0.3 is 40.3 Å². The summed E-state index contributed by atoms with van der Waals surface area (Å²) in [6.07, 6.45) is -0.534. The quantitative estimate of drug-likeness (QED) is 0.404. The number of methoxy groups -OCH3 is 1. The van der Waals surface area contributed by atoms with Gasteiger partial charge in [-0.2, -0.15) is 0 Å². The fraction of sp³-hybridized carbons (Fsp3) is 0.464. The first-order valence-corrected chi connectivity index (χ1v) is 13.0. The highest BCUT2D eigenvalue weighted by molar-refractivity contribution is 6.01. The standard InChI is InChI=1S/C28H39N5O6/c1-17(2)29-27(36)31-23-9-7-8-22-25(23)39-24(18(3)14-33(26(22)35)19(4)16-34)15-32(5)28(37)30-20-10-12-21(38-6)13-11-20/h7-13,17-19,24,34H,14-16H2,1-6H3,(H,30,37)(H2,29,31,36)/t18-,19-,24+/m0/s1. The summed E-state index contributed by atoms with van der Waals surface area (Å²) in [5, 5.41) is 18.3. The first-order chi connectivity index (χ1) is 18.5. The number of hydrogen-bond acceptors (Lipinski definition) is 6. The van der Waals surface area contributed by atoms with E-state index in [0.717, 1.165) is 0 Å². The van der Waals surface area contributed by atoms with Gasteiger partial charge in [0.2, 0.25) is 0 Å². The molecule has 11 nitrogen and oxygen atoms in total. The van der Waals surface area contributed by atoms with E-state index in [1.807, 2.05) is 20.8 Å². The van der Waals surface area contributed by atoms with Crippen LogP contribution in [0.4, 0.5) is 21.0 Å². The Bertz CT molecular complexity index is 1160. The van der Waals surface area contributed by atoms with E-state index in [1.165, 1.54) is 4.90 Å². The number of carbonyl (C=O) groups is 3. The highest BCUT2D eigenvalue weighted by Gasteiger charge is 2.35. The van der Waals surface area contributed by atoms with Crippen LogP contribution in [0.5, 0.6) is 11.5 Å². The van der Waals surface area contributed by atoms with Crippen LogP contribution in [-0.2, 0) is 0 Å². The Morgan fingerprint density at radius 1 is 1.15 bits per heavy atom. The highest BCUT2D eigenvalue weighted by atomic mass is 16.5. The van der Waals surface area contributed by atoms with E-state index in [1.54, 1.807) is 68.4 Å². The lowest BCUT2D eigenvalue weighted by molar-refractivity contribution is 0.0373. The zero-order chi connectivity index (χ0) is 28.7. The molecule has 0 fully saturated rings. The molecule has 1 aliphatic rings. The van der Waals surface area contributed by atoms with Gasteiger partial charge in [-0.15, -0.1) is 0 Å². The third-order valence-corrected chi connectivity index (χ3v) is 6.50. The molecule has 0 radical (unpaired) electrons. The third kappa shape index (κ3) is 7.53. The number of anilines is 2. The Labute approximate surface area is 229 Å². The topological polar surface area (TPSA) is 132 Å². The number of amides is 5. The van der Waals surface area contributed by atoms with Crippen molar-refractivity contribution in [1.29, 1.82) is 0 Å². The average Bonchev–Trinajstić information content (AvgIpc) is 2.90. The van der Waals surface area contributed by atoms with Gasteiger partial charge in [0, 0.05) is 31.2 Å². The van der Waals surface area contributed by atoms with Crippen LogP contribution in [-0.4, -0.2) is 84.9 Å². The number of benzene rings is 2. The van der Waals surface area contributed by atoms with Crippen molar-refractivity contribution in [2.24, 2.45) is 5.92 Å². The van der Waals surface area contributed by atoms with Gasteiger partial charge in [-0.3, -0.25) is 4.79 Å². The van der Waals surface area contributed by atoms with Crippen LogP contribution >= 0.6 is 0 Å². The minimum Gasteiger partial charge on any atom is -0.497 e. The molecule has 0 unspecified atom stereocenters. The monoisotopic (exact) mass is 541 g/mol. The number of urea groups is 2. The first-order valence-electron chi connectivity index (χ1n) is 13.0.